The van der Waals surface area contributed by atoms with Gasteiger partial charge >= 0.3 is 0 Å². The molecule has 2 heterocycles. The predicted molar refractivity (Wildman–Crippen MR) is 149 cm³/mol. The Balaban J connectivity index is 1.41. The predicted octanol–water partition coefficient (Wildman–Crippen LogP) is 3.45. The smallest absolute Gasteiger partial charge is 0.219 e. The summed E-state index contributed by atoms with van der Waals surface area (Å²) in [6.07, 6.45) is 4.61. The summed E-state index contributed by atoms with van der Waals surface area (Å²) in [5.41, 5.74) is 0.958. The number of benzene rings is 2. The van der Waals surface area contributed by atoms with E-state index >= 15 is 0 Å². The van der Waals surface area contributed by atoms with Gasteiger partial charge in [-0.2, -0.15) is 0 Å². The molecule has 1 aliphatic rings. The summed E-state index contributed by atoms with van der Waals surface area (Å²) in [5.74, 6) is 2.99. The summed E-state index contributed by atoms with van der Waals surface area (Å²) >= 11 is 0. The van der Waals surface area contributed by atoms with Crippen LogP contribution in [0.3, 0.4) is 0 Å². The van der Waals surface area contributed by atoms with Crippen molar-refractivity contribution < 1.29 is 24.1 Å². The number of hydrogen-bond acceptors (Lipinski definition) is 7. The van der Waals surface area contributed by atoms with Crippen LogP contribution in [0.4, 0.5) is 0 Å². The monoisotopic (exact) mass is 536 g/mol. The van der Waals surface area contributed by atoms with Crippen LogP contribution in [0.2, 0.25) is 0 Å². The fourth-order valence-electron chi connectivity index (χ4n) is 4.84. The van der Waals surface area contributed by atoms with Crippen molar-refractivity contribution in [3.8, 4) is 17.2 Å². The van der Waals surface area contributed by atoms with E-state index in [9.17, 15) is 9.90 Å². The van der Waals surface area contributed by atoms with E-state index in [1.54, 1.807) is 18.2 Å². The van der Waals surface area contributed by atoms with Gasteiger partial charge in [-0.25, -0.2) is 4.98 Å². The Labute approximate surface area is 230 Å². The number of β-amino-alcohol motifs (C(OH)–C–C–N with tert-alkyl or cyclic N) is 1. The number of aliphatic hydroxyl groups is 1. The second kappa shape index (κ2) is 13.0. The van der Waals surface area contributed by atoms with Crippen LogP contribution in [-0.4, -0.2) is 82.5 Å². The Bertz CT molecular complexity index is 1230. The maximum Gasteiger partial charge on any atom is 0.219 e. The number of carbonyl (C=O) groups is 1. The molecule has 210 valence electrons. The molecule has 0 saturated carbocycles. The van der Waals surface area contributed by atoms with Crippen LogP contribution in [0.25, 0.3) is 0 Å². The first kappa shape index (κ1) is 28.4. The average Bonchev–Trinajstić information content (AvgIpc) is 3.24. The van der Waals surface area contributed by atoms with Crippen LogP contribution in [0.5, 0.6) is 17.2 Å². The highest BCUT2D eigenvalue weighted by molar-refractivity contribution is 5.73. The second-order valence-corrected chi connectivity index (χ2v) is 10.3. The lowest BCUT2D eigenvalue weighted by Gasteiger charge is -2.32. The molecular weight excluding hydrogens is 496 g/mol. The highest BCUT2D eigenvalue weighted by atomic mass is 16.5. The second-order valence-electron chi connectivity index (χ2n) is 10.3. The molecule has 0 radical (unpaired) electrons. The molecule has 1 aliphatic heterocycles. The van der Waals surface area contributed by atoms with E-state index in [2.05, 4.69) is 14.5 Å². The summed E-state index contributed by atoms with van der Waals surface area (Å²) < 4.78 is 19.7. The number of rotatable bonds is 11. The fraction of sp³-hybridized carbons (Fsp3) is 0.467. The van der Waals surface area contributed by atoms with Crippen LogP contribution in [0.1, 0.15) is 30.3 Å². The van der Waals surface area contributed by atoms with Crippen molar-refractivity contribution in [2.24, 2.45) is 0 Å². The molecule has 4 rings (SSSR count). The molecule has 0 aliphatic carbocycles. The molecule has 1 aromatic heterocycles. The number of ether oxygens (including phenoxy) is 3. The summed E-state index contributed by atoms with van der Waals surface area (Å²) in [7, 11) is 1.63. The Morgan fingerprint density at radius 2 is 1.85 bits per heavy atom. The van der Waals surface area contributed by atoms with Crippen LogP contribution < -0.4 is 14.2 Å². The third kappa shape index (κ3) is 7.97. The zero-order chi connectivity index (χ0) is 27.8. The van der Waals surface area contributed by atoms with Gasteiger partial charge in [-0.3, -0.25) is 9.69 Å². The van der Waals surface area contributed by atoms with E-state index in [0.717, 1.165) is 29.9 Å². The van der Waals surface area contributed by atoms with Crippen LogP contribution in [0, 0.1) is 13.8 Å². The number of hydrogen-bond donors (Lipinski definition) is 1. The van der Waals surface area contributed by atoms with Gasteiger partial charge in [-0.15, -0.1) is 0 Å². The van der Waals surface area contributed by atoms with Gasteiger partial charge in [0.1, 0.15) is 23.8 Å². The van der Waals surface area contributed by atoms with Gasteiger partial charge in [0.15, 0.2) is 11.5 Å². The van der Waals surface area contributed by atoms with Gasteiger partial charge in [0.25, 0.3) is 0 Å². The van der Waals surface area contributed by atoms with Crippen molar-refractivity contribution in [1.82, 2.24) is 19.4 Å². The molecule has 0 spiro atoms. The van der Waals surface area contributed by atoms with E-state index in [1.807, 2.05) is 62.5 Å². The van der Waals surface area contributed by atoms with Crippen molar-refractivity contribution in [1.29, 1.82) is 0 Å². The number of nitrogens with zero attached hydrogens (tertiary/aromatic N) is 4. The van der Waals surface area contributed by atoms with Crippen molar-refractivity contribution in [3.05, 3.63) is 71.8 Å². The molecule has 1 atom stereocenters. The van der Waals surface area contributed by atoms with Crippen molar-refractivity contribution in [3.63, 3.8) is 0 Å². The largest absolute Gasteiger partial charge is 0.493 e. The highest BCUT2D eigenvalue weighted by Crippen LogP contribution is 2.29. The molecule has 9 heteroatoms. The van der Waals surface area contributed by atoms with Crippen LogP contribution in [0.15, 0.2) is 54.9 Å². The first-order valence-corrected chi connectivity index (χ1v) is 13.4. The maximum absolute atomic E-state index is 12.3. The van der Waals surface area contributed by atoms with E-state index in [4.69, 9.17) is 14.2 Å². The number of aromatic nitrogens is 2. The summed E-state index contributed by atoms with van der Waals surface area (Å²) in [5, 5.41) is 11.6. The normalized spacial score (nSPS) is 18.0. The topological polar surface area (TPSA) is 89.3 Å². The third-order valence-corrected chi connectivity index (χ3v) is 7.02. The summed E-state index contributed by atoms with van der Waals surface area (Å²) in [4.78, 5) is 20.4. The molecule has 0 bridgehead atoms. The van der Waals surface area contributed by atoms with Gasteiger partial charge in [-0.1, -0.05) is 23.8 Å². The van der Waals surface area contributed by atoms with Gasteiger partial charge in [0, 0.05) is 52.0 Å². The van der Waals surface area contributed by atoms with Gasteiger partial charge in [-0.05, 0) is 50.1 Å². The van der Waals surface area contributed by atoms with Gasteiger partial charge in [0.2, 0.25) is 5.91 Å². The molecule has 3 aromatic rings. The van der Waals surface area contributed by atoms with Crippen molar-refractivity contribution in [2.45, 2.75) is 45.9 Å². The Morgan fingerprint density at radius 1 is 1.05 bits per heavy atom. The molecular formula is C30H40N4O5. The minimum atomic E-state index is -1.22. The van der Waals surface area contributed by atoms with Gasteiger partial charge < -0.3 is 28.8 Å². The standard InChI is InChI=1S/C30H40N4O5/c1-23-6-9-27(10-7-23)39-22-30(36)20-32(15-16-34(21-30)25(3)35)19-26-8-11-28(37-4)29(18-26)38-17-5-13-33-14-12-31-24(33)2/h6-12,14,18,36H,5,13,15-17,19-22H2,1-4H3/t30-/m1/s1. The van der Waals surface area contributed by atoms with Gasteiger partial charge in [0.05, 0.1) is 20.3 Å². The average molecular weight is 537 g/mol. The lowest BCUT2D eigenvalue weighted by molar-refractivity contribution is -0.132. The summed E-state index contributed by atoms with van der Waals surface area (Å²) in [6.45, 7) is 9.36. The Kier molecular flexibility index (Phi) is 9.48. The van der Waals surface area contributed by atoms with E-state index in [0.29, 0.717) is 50.0 Å². The zero-order valence-corrected chi connectivity index (χ0v) is 23.4. The minimum Gasteiger partial charge on any atom is -0.493 e. The van der Waals surface area contributed by atoms with E-state index < -0.39 is 5.60 Å². The highest BCUT2D eigenvalue weighted by Gasteiger charge is 2.37. The zero-order valence-electron chi connectivity index (χ0n) is 23.4. The molecule has 1 saturated heterocycles. The maximum atomic E-state index is 12.3. The summed E-state index contributed by atoms with van der Waals surface area (Å²) in [6, 6.07) is 13.7. The lowest BCUT2D eigenvalue weighted by atomic mass is 10.0. The number of carbonyl (C=O) groups excluding carboxylic acids is 1. The number of aryl methyl sites for hydroxylation is 3. The molecule has 1 N–H and O–H groups in total. The molecule has 1 fully saturated rings. The third-order valence-electron chi connectivity index (χ3n) is 7.02. The van der Waals surface area contributed by atoms with Crippen LogP contribution in [-0.2, 0) is 17.9 Å². The molecule has 9 nitrogen and oxygen atoms in total. The number of methoxy groups -OCH3 is 1. The lowest BCUT2D eigenvalue weighted by Crippen LogP contribution is -2.51. The molecule has 1 amide bonds. The van der Waals surface area contributed by atoms with E-state index in [1.165, 1.54) is 6.92 Å². The van der Waals surface area contributed by atoms with Crippen LogP contribution >= 0.6 is 0 Å². The first-order valence-electron chi connectivity index (χ1n) is 13.4. The fourth-order valence-corrected chi connectivity index (χ4v) is 4.84. The molecule has 2 aromatic carbocycles. The quantitative estimate of drug-likeness (QED) is 0.376. The van der Waals surface area contributed by atoms with Crippen molar-refractivity contribution >= 4 is 5.91 Å². The number of imidazole rings is 1. The Morgan fingerprint density at radius 3 is 2.54 bits per heavy atom. The van der Waals surface area contributed by atoms with Crippen molar-refractivity contribution in [2.75, 3.05) is 46.5 Å². The first-order chi connectivity index (χ1) is 18.7. The molecule has 0 unspecified atom stereocenters. The minimum absolute atomic E-state index is 0.0587. The Hall–Kier alpha value is -3.56. The van der Waals surface area contributed by atoms with E-state index in [-0.39, 0.29) is 19.1 Å². The number of amides is 1. The molecule has 39 heavy (non-hydrogen) atoms. The SMILES string of the molecule is COc1ccc(CN2CCN(C(C)=O)C[C@@](O)(COc3ccc(C)cc3)C2)cc1OCCCn1ccnc1C.